The molecule has 2 heterocycles. The van der Waals surface area contributed by atoms with Crippen molar-refractivity contribution >= 4 is 17.7 Å². The van der Waals surface area contributed by atoms with Gasteiger partial charge in [0, 0.05) is 29.2 Å². The quantitative estimate of drug-likeness (QED) is 0.801. The van der Waals surface area contributed by atoms with Gasteiger partial charge >= 0.3 is 5.97 Å². The van der Waals surface area contributed by atoms with E-state index < -0.39 is 5.97 Å². The topological polar surface area (TPSA) is 62.2 Å². The Bertz CT molecular complexity index is 663. The van der Waals surface area contributed by atoms with Gasteiger partial charge in [-0.1, -0.05) is 18.2 Å². The van der Waals surface area contributed by atoms with Crippen molar-refractivity contribution in [1.82, 2.24) is 4.98 Å². The van der Waals surface area contributed by atoms with E-state index in [0.29, 0.717) is 0 Å². The largest absolute Gasteiger partial charge is 0.478 e. The van der Waals surface area contributed by atoms with Gasteiger partial charge in [-0.2, -0.15) is 0 Å². The second-order valence-corrected chi connectivity index (χ2v) is 3.99. The van der Waals surface area contributed by atoms with Crippen molar-refractivity contribution in [1.29, 1.82) is 0 Å². The van der Waals surface area contributed by atoms with E-state index in [1.54, 1.807) is 12.3 Å². The fourth-order valence-electron chi connectivity index (χ4n) is 1.99. The monoisotopic (exact) mass is 238 g/mol. The zero-order chi connectivity index (χ0) is 12.5. The van der Waals surface area contributed by atoms with Gasteiger partial charge in [0.2, 0.25) is 0 Å². The van der Waals surface area contributed by atoms with Crippen LogP contribution < -0.4 is 5.32 Å². The number of fused-ring (bicyclic) bond motifs is 3. The fourth-order valence-corrected chi connectivity index (χ4v) is 1.99. The number of carboxylic acids is 1. The van der Waals surface area contributed by atoms with Gasteiger partial charge in [-0.3, -0.25) is 4.98 Å². The van der Waals surface area contributed by atoms with E-state index in [2.05, 4.69) is 10.3 Å². The Morgan fingerprint density at radius 2 is 2.11 bits per heavy atom. The smallest absolute Gasteiger partial charge is 0.337 e. The maximum absolute atomic E-state index is 10.9. The number of aromatic nitrogens is 1. The van der Waals surface area contributed by atoms with Crippen LogP contribution in [-0.4, -0.2) is 16.1 Å². The molecule has 0 fully saturated rings. The molecule has 0 amide bonds. The van der Waals surface area contributed by atoms with Crippen molar-refractivity contribution < 1.29 is 9.90 Å². The SMILES string of the molecule is O=C(O)c1cnc2c(c1)C=CNc1ccccc1-2. The zero-order valence-electron chi connectivity index (χ0n) is 9.42. The highest BCUT2D eigenvalue weighted by molar-refractivity contribution is 5.91. The Morgan fingerprint density at radius 1 is 1.28 bits per heavy atom. The molecular formula is C14H10N2O2. The standard InChI is InChI=1S/C14H10N2O2/c17-14(18)10-7-9-5-6-15-12-4-2-1-3-11(12)13(9)16-8-10/h1-8,15H,(H,17,18). The van der Waals surface area contributed by atoms with Crippen LogP contribution in [0, 0.1) is 0 Å². The molecule has 2 aromatic rings. The van der Waals surface area contributed by atoms with Crippen LogP contribution in [0.3, 0.4) is 0 Å². The summed E-state index contributed by atoms with van der Waals surface area (Å²) in [5.74, 6) is -0.968. The van der Waals surface area contributed by atoms with Crippen molar-refractivity contribution in [2.45, 2.75) is 0 Å². The predicted molar refractivity (Wildman–Crippen MR) is 69.3 cm³/mol. The minimum atomic E-state index is -0.968. The van der Waals surface area contributed by atoms with Crippen molar-refractivity contribution in [3.05, 3.63) is 53.9 Å². The van der Waals surface area contributed by atoms with E-state index >= 15 is 0 Å². The van der Waals surface area contributed by atoms with Crippen molar-refractivity contribution in [3.63, 3.8) is 0 Å². The van der Waals surface area contributed by atoms with E-state index in [9.17, 15) is 4.79 Å². The number of carbonyl (C=O) groups is 1. The molecule has 3 rings (SSSR count). The Labute approximate surface area is 104 Å². The number of nitrogens with one attached hydrogen (secondary N) is 1. The van der Waals surface area contributed by atoms with Crippen molar-refractivity contribution in [3.8, 4) is 11.3 Å². The molecule has 1 aromatic carbocycles. The molecule has 1 aromatic heterocycles. The zero-order valence-corrected chi connectivity index (χ0v) is 9.42. The van der Waals surface area contributed by atoms with Crippen molar-refractivity contribution in [2.24, 2.45) is 0 Å². The molecule has 0 unspecified atom stereocenters. The summed E-state index contributed by atoms with van der Waals surface area (Å²) in [6.45, 7) is 0. The third-order valence-corrected chi connectivity index (χ3v) is 2.85. The van der Waals surface area contributed by atoms with Gasteiger partial charge in [-0.15, -0.1) is 0 Å². The van der Waals surface area contributed by atoms with Crippen LogP contribution >= 0.6 is 0 Å². The van der Waals surface area contributed by atoms with Crippen LogP contribution in [-0.2, 0) is 0 Å². The highest BCUT2D eigenvalue weighted by Crippen LogP contribution is 2.32. The Morgan fingerprint density at radius 3 is 2.94 bits per heavy atom. The lowest BCUT2D eigenvalue weighted by Gasteiger charge is -2.08. The lowest BCUT2D eigenvalue weighted by atomic mass is 10.0. The summed E-state index contributed by atoms with van der Waals surface area (Å²) < 4.78 is 0. The van der Waals surface area contributed by atoms with Gasteiger partial charge in [-0.25, -0.2) is 4.79 Å². The maximum atomic E-state index is 10.9. The summed E-state index contributed by atoms with van der Waals surface area (Å²) in [6.07, 6.45) is 5.00. The predicted octanol–water partition coefficient (Wildman–Crippen LogP) is 2.84. The minimum Gasteiger partial charge on any atom is -0.478 e. The van der Waals surface area contributed by atoms with Crippen LogP contribution in [0.4, 0.5) is 5.69 Å². The number of rotatable bonds is 1. The third-order valence-electron chi connectivity index (χ3n) is 2.85. The lowest BCUT2D eigenvalue weighted by molar-refractivity contribution is 0.0696. The molecule has 4 heteroatoms. The van der Waals surface area contributed by atoms with Crippen LogP contribution in [0.25, 0.3) is 17.3 Å². The van der Waals surface area contributed by atoms with E-state index in [-0.39, 0.29) is 5.56 Å². The lowest BCUT2D eigenvalue weighted by Crippen LogP contribution is -1.99. The molecule has 0 atom stereocenters. The van der Waals surface area contributed by atoms with Crippen LogP contribution in [0.1, 0.15) is 15.9 Å². The number of aromatic carboxylic acids is 1. The first-order valence-electron chi connectivity index (χ1n) is 5.51. The molecular weight excluding hydrogens is 228 g/mol. The van der Waals surface area contributed by atoms with Crippen molar-refractivity contribution in [2.75, 3.05) is 5.32 Å². The van der Waals surface area contributed by atoms with Gasteiger partial charge < -0.3 is 10.4 Å². The number of para-hydroxylation sites is 1. The number of hydrogen-bond donors (Lipinski definition) is 2. The van der Waals surface area contributed by atoms with Gasteiger partial charge in [0.1, 0.15) is 0 Å². The normalized spacial score (nSPS) is 12.0. The molecule has 88 valence electrons. The van der Waals surface area contributed by atoms with E-state index in [0.717, 1.165) is 22.5 Å². The summed E-state index contributed by atoms with van der Waals surface area (Å²) in [5, 5.41) is 12.1. The molecule has 1 aliphatic heterocycles. The van der Waals surface area contributed by atoms with Gasteiger partial charge in [0.25, 0.3) is 0 Å². The Hall–Kier alpha value is -2.62. The Kier molecular flexibility index (Phi) is 2.34. The average molecular weight is 238 g/mol. The van der Waals surface area contributed by atoms with E-state index in [1.165, 1.54) is 6.20 Å². The molecule has 2 N–H and O–H groups in total. The van der Waals surface area contributed by atoms with Crippen LogP contribution in [0.15, 0.2) is 42.7 Å². The molecule has 18 heavy (non-hydrogen) atoms. The number of nitrogens with zero attached hydrogens (tertiary/aromatic N) is 1. The molecule has 0 radical (unpaired) electrons. The summed E-state index contributed by atoms with van der Waals surface area (Å²) in [4.78, 5) is 15.2. The average Bonchev–Trinajstić information content (AvgIpc) is 2.57. The number of pyridine rings is 1. The second kappa shape index (κ2) is 4.00. The fraction of sp³-hybridized carbons (Fsp3) is 0. The van der Waals surface area contributed by atoms with Gasteiger partial charge in [0.15, 0.2) is 0 Å². The number of carboxylic acid groups (broad SMARTS) is 1. The number of anilines is 1. The summed E-state index contributed by atoms with van der Waals surface area (Å²) in [7, 11) is 0. The molecule has 0 saturated heterocycles. The third kappa shape index (κ3) is 1.64. The summed E-state index contributed by atoms with van der Waals surface area (Å²) in [5.41, 5.74) is 3.71. The van der Waals surface area contributed by atoms with E-state index in [1.807, 2.05) is 30.3 Å². The summed E-state index contributed by atoms with van der Waals surface area (Å²) in [6, 6.07) is 9.42. The second-order valence-electron chi connectivity index (χ2n) is 3.99. The molecule has 4 nitrogen and oxygen atoms in total. The molecule has 0 bridgehead atoms. The first kappa shape index (κ1) is 10.5. The number of hydrogen-bond acceptors (Lipinski definition) is 3. The minimum absolute atomic E-state index is 0.192. The first-order chi connectivity index (χ1) is 8.75. The van der Waals surface area contributed by atoms with Crippen LogP contribution in [0.2, 0.25) is 0 Å². The summed E-state index contributed by atoms with van der Waals surface area (Å²) >= 11 is 0. The van der Waals surface area contributed by atoms with Crippen LogP contribution in [0.5, 0.6) is 0 Å². The highest BCUT2D eigenvalue weighted by Gasteiger charge is 2.14. The van der Waals surface area contributed by atoms with Gasteiger partial charge in [0.05, 0.1) is 11.3 Å². The molecule has 0 aliphatic carbocycles. The first-order valence-corrected chi connectivity index (χ1v) is 5.51. The number of benzene rings is 1. The van der Waals surface area contributed by atoms with Gasteiger partial charge in [-0.05, 0) is 18.2 Å². The highest BCUT2D eigenvalue weighted by atomic mass is 16.4. The molecule has 1 aliphatic rings. The molecule has 0 spiro atoms. The molecule has 0 saturated carbocycles. The van der Waals surface area contributed by atoms with E-state index in [4.69, 9.17) is 5.11 Å². The maximum Gasteiger partial charge on any atom is 0.337 e. The Balaban J connectivity index is 2.24.